The number of aromatic nitrogens is 2. The third-order valence-electron chi connectivity index (χ3n) is 4.46. The summed E-state index contributed by atoms with van der Waals surface area (Å²) in [7, 11) is -3.27. The van der Waals surface area contributed by atoms with E-state index >= 15 is 0 Å². The molecule has 1 aliphatic rings. The number of hydrogen-bond donors (Lipinski definition) is 1. The molecule has 4 rings (SSSR count). The maximum absolute atomic E-state index is 12.5. The second kappa shape index (κ2) is 7.53. The van der Waals surface area contributed by atoms with Crippen molar-refractivity contribution in [3.05, 3.63) is 70.4 Å². The number of benzene rings is 2. The molecule has 0 bridgehead atoms. The summed E-state index contributed by atoms with van der Waals surface area (Å²) in [5.41, 5.74) is 2.57. The van der Waals surface area contributed by atoms with Gasteiger partial charge in [-0.15, -0.1) is 0 Å². The van der Waals surface area contributed by atoms with Crippen molar-refractivity contribution in [3.63, 3.8) is 0 Å². The fourth-order valence-corrected chi connectivity index (χ4v) is 4.87. The lowest BCUT2D eigenvalue weighted by Crippen LogP contribution is -2.22. The van der Waals surface area contributed by atoms with Gasteiger partial charge in [0.1, 0.15) is 11.6 Å². The van der Waals surface area contributed by atoms with Crippen LogP contribution in [0.4, 0.5) is 5.82 Å². The lowest BCUT2D eigenvalue weighted by Gasteiger charge is -2.12. The molecule has 0 unspecified atom stereocenters. The Morgan fingerprint density at radius 1 is 1.21 bits per heavy atom. The SMILES string of the molecule is Cc1cccc(OCC(=O)Nc2c3c(nn2-c2cccc(Cl)c2)CS(=O)(=O)C3)c1. The van der Waals surface area contributed by atoms with E-state index in [-0.39, 0.29) is 18.1 Å². The molecular formula is C20H18ClN3O4S. The summed E-state index contributed by atoms with van der Waals surface area (Å²) in [5.74, 6) is 0.162. The molecule has 1 amide bonds. The number of ether oxygens (including phenoxy) is 1. The molecule has 7 nitrogen and oxygen atoms in total. The van der Waals surface area contributed by atoms with Gasteiger partial charge in [0.25, 0.3) is 5.91 Å². The van der Waals surface area contributed by atoms with Crippen LogP contribution in [0.2, 0.25) is 5.02 Å². The predicted molar refractivity (Wildman–Crippen MR) is 110 cm³/mol. The van der Waals surface area contributed by atoms with Crippen LogP contribution in [0.5, 0.6) is 5.75 Å². The monoisotopic (exact) mass is 431 g/mol. The number of rotatable bonds is 5. The number of sulfone groups is 1. The molecule has 0 radical (unpaired) electrons. The summed E-state index contributed by atoms with van der Waals surface area (Å²) in [6.07, 6.45) is 0. The van der Waals surface area contributed by atoms with Gasteiger partial charge in [-0.25, -0.2) is 13.1 Å². The maximum Gasteiger partial charge on any atom is 0.263 e. The number of carbonyl (C=O) groups excluding carboxylic acids is 1. The molecule has 3 aromatic rings. The van der Waals surface area contributed by atoms with E-state index in [2.05, 4.69) is 10.4 Å². The molecule has 1 aliphatic heterocycles. The quantitative estimate of drug-likeness (QED) is 0.669. The largest absolute Gasteiger partial charge is 0.484 e. The topological polar surface area (TPSA) is 90.3 Å². The zero-order valence-electron chi connectivity index (χ0n) is 15.6. The summed E-state index contributed by atoms with van der Waals surface area (Å²) < 4.78 is 31.1. The Morgan fingerprint density at radius 2 is 2.00 bits per heavy atom. The molecular weight excluding hydrogens is 414 g/mol. The first kappa shape index (κ1) is 19.5. The Morgan fingerprint density at radius 3 is 2.76 bits per heavy atom. The number of hydrogen-bond acceptors (Lipinski definition) is 5. The van der Waals surface area contributed by atoms with E-state index in [1.807, 2.05) is 25.1 Å². The van der Waals surface area contributed by atoms with Crippen LogP contribution in [0.15, 0.2) is 48.5 Å². The molecule has 0 saturated heterocycles. The summed E-state index contributed by atoms with van der Waals surface area (Å²) in [5, 5.41) is 7.67. The van der Waals surface area contributed by atoms with Gasteiger partial charge in [0, 0.05) is 10.6 Å². The molecule has 0 atom stereocenters. The van der Waals surface area contributed by atoms with E-state index in [0.717, 1.165) is 5.56 Å². The maximum atomic E-state index is 12.5. The number of fused-ring (bicyclic) bond motifs is 1. The summed E-state index contributed by atoms with van der Waals surface area (Å²) in [6.45, 7) is 1.71. The van der Waals surface area contributed by atoms with Gasteiger partial charge in [-0.05, 0) is 42.8 Å². The van der Waals surface area contributed by atoms with E-state index in [4.69, 9.17) is 16.3 Å². The third kappa shape index (κ3) is 4.28. The number of anilines is 1. The van der Waals surface area contributed by atoms with Gasteiger partial charge in [0.15, 0.2) is 16.4 Å². The summed E-state index contributed by atoms with van der Waals surface area (Å²) in [6, 6.07) is 14.3. The standard InChI is InChI=1S/C20H18ClN3O4S/c1-13-4-2-7-16(8-13)28-10-19(25)22-20-17-11-29(26,27)12-18(17)23-24(20)15-6-3-5-14(21)9-15/h2-9H,10-12H2,1H3,(H,22,25). The number of aryl methyl sites for hydroxylation is 1. The van der Waals surface area contributed by atoms with Crippen LogP contribution < -0.4 is 10.1 Å². The second-order valence-corrected chi connectivity index (χ2v) is 9.35. The highest BCUT2D eigenvalue weighted by atomic mass is 35.5. The second-order valence-electron chi connectivity index (χ2n) is 6.85. The van der Waals surface area contributed by atoms with Gasteiger partial charge in [0.05, 0.1) is 22.9 Å². The van der Waals surface area contributed by atoms with Crippen LogP contribution in [-0.4, -0.2) is 30.7 Å². The molecule has 150 valence electrons. The lowest BCUT2D eigenvalue weighted by molar-refractivity contribution is -0.118. The first-order chi connectivity index (χ1) is 13.8. The van der Waals surface area contributed by atoms with Gasteiger partial charge in [0.2, 0.25) is 0 Å². The van der Waals surface area contributed by atoms with E-state index < -0.39 is 15.7 Å². The molecule has 0 saturated carbocycles. The molecule has 2 aromatic carbocycles. The number of halogens is 1. The average molecular weight is 432 g/mol. The molecule has 9 heteroatoms. The Hall–Kier alpha value is -2.84. The number of carbonyl (C=O) groups is 1. The smallest absolute Gasteiger partial charge is 0.263 e. The van der Waals surface area contributed by atoms with E-state index in [9.17, 15) is 13.2 Å². The van der Waals surface area contributed by atoms with Gasteiger partial charge in [-0.1, -0.05) is 29.8 Å². The predicted octanol–water partition coefficient (Wildman–Crippen LogP) is 3.28. The molecule has 1 N–H and O–H groups in total. The van der Waals surface area contributed by atoms with Crippen LogP contribution in [0.3, 0.4) is 0 Å². The van der Waals surface area contributed by atoms with Crippen LogP contribution in [0.25, 0.3) is 5.69 Å². The zero-order chi connectivity index (χ0) is 20.6. The fraction of sp³-hybridized carbons (Fsp3) is 0.200. The fourth-order valence-electron chi connectivity index (χ4n) is 3.19. The van der Waals surface area contributed by atoms with E-state index in [0.29, 0.717) is 33.5 Å². The summed E-state index contributed by atoms with van der Waals surface area (Å²) in [4.78, 5) is 12.5. The number of nitrogens with zero attached hydrogens (tertiary/aromatic N) is 2. The van der Waals surface area contributed by atoms with Crippen molar-refractivity contribution < 1.29 is 17.9 Å². The first-order valence-corrected chi connectivity index (χ1v) is 11.1. The molecule has 0 aliphatic carbocycles. The van der Waals surface area contributed by atoms with Crippen molar-refractivity contribution >= 4 is 33.2 Å². The number of amides is 1. The van der Waals surface area contributed by atoms with Crippen LogP contribution >= 0.6 is 11.6 Å². The van der Waals surface area contributed by atoms with Gasteiger partial charge < -0.3 is 10.1 Å². The Kier molecular flexibility index (Phi) is 5.06. The Labute approximate surface area is 173 Å². The van der Waals surface area contributed by atoms with Crippen molar-refractivity contribution in [2.75, 3.05) is 11.9 Å². The van der Waals surface area contributed by atoms with Crippen LogP contribution in [0, 0.1) is 6.92 Å². The molecule has 2 heterocycles. The average Bonchev–Trinajstić information content (AvgIpc) is 3.13. The van der Waals surface area contributed by atoms with Crippen molar-refractivity contribution in [2.45, 2.75) is 18.4 Å². The zero-order valence-corrected chi connectivity index (χ0v) is 17.1. The van der Waals surface area contributed by atoms with Crippen molar-refractivity contribution in [1.29, 1.82) is 0 Å². The molecule has 0 spiro atoms. The van der Waals surface area contributed by atoms with Gasteiger partial charge >= 0.3 is 0 Å². The lowest BCUT2D eigenvalue weighted by atomic mass is 10.2. The normalized spacial score (nSPS) is 14.4. The van der Waals surface area contributed by atoms with Gasteiger partial charge in [-0.2, -0.15) is 5.10 Å². The van der Waals surface area contributed by atoms with Crippen LogP contribution in [-0.2, 0) is 26.1 Å². The molecule has 1 aromatic heterocycles. The van der Waals surface area contributed by atoms with Crippen molar-refractivity contribution in [2.24, 2.45) is 0 Å². The van der Waals surface area contributed by atoms with Crippen molar-refractivity contribution in [3.8, 4) is 11.4 Å². The Balaban J connectivity index is 1.61. The minimum Gasteiger partial charge on any atom is -0.484 e. The van der Waals surface area contributed by atoms with Gasteiger partial charge in [-0.3, -0.25) is 4.79 Å². The van der Waals surface area contributed by atoms with E-state index in [1.165, 1.54) is 4.68 Å². The summed E-state index contributed by atoms with van der Waals surface area (Å²) >= 11 is 6.08. The molecule has 0 fully saturated rings. The highest BCUT2D eigenvalue weighted by molar-refractivity contribution is 7.90. The highest BCUT2D eigenvalue weighted by Crippen LogP contribution is 2.33. The van der Waals surface area contributed by atoms with Crippen molar-refractivity contribution in [1.82, 2.24) is 9.78 Å². The minimum absolute atomic E-state index is 0.154. The highest BCUT2D eigenvalue weighted by Gasteiger charge is 2.33. The minimum atomic E-state index is -3.27. The van der Waals surface area contributed by atoms with E-state index in [1.54, 1.807) is 30.3 Å². The number of nitrogens with one attached hydrogen (secondary N) is 1. The first-order valence-electron chi connectivity index (χ1n) is 8.87. The molecule has 29 heavy (non-hydrogen) atoms. The third-order valence-corrected chi connectivity index (χ3v) is 6.13. The Bertz CT molecular complexity index is 1200. The van der Waals surface area contributed by atoms with Crippen LogP contribution in [0.1, 0.15) is 16.8 Å².